The van der Waals surface area contributed by atoms with Gasteiger partial charge in [-0.15, -0.1) is 5.10 Å². The summed E-state index contributed by atoms with van der Waals surface area (Å²) >= 11 is 0. The highest BCUT2D eigenvalue weighted by molar-refractivity contribution is 5.97. The quantitative estimate of drug-likeness (QED) is 0.538. The summed E-state index contributed by atoms with van der Waals surface area (Å²) in [6, 6.07) is 3.82. The Morgan fingerprint density at radius 3 is 2.95 bits per heavy atom. The molecule has 0 atom stereocenters. The third-order valence-electron chi connectivity index (χ3n) is 2.55. The third kappa shape index (κ3) is 3.44. The van der Waals surface area contributed by atoms with Crippen LogP contribution in [0, 0.1) is 0 Å². The number of hydrogen-bond donors (Lipinski definition) is 3. The molecule has 0 aliphatic heterocycles. The van der Waals surface area contributed by atoms with Crippen LogP contribution in [0.4, 0.5) is 0 Å². The van der Waals surface area contributed by atoms with Crippen LogP contribution in [0.25, 0.3) is 0 Å². The van der Waals surface area contributed by atoms with Crippen LogP contribution in [0.5, 0.6) is 11.5 Å². The van der Waals surface area contributed by atoms with Gasteiger partial charge in [-0.05, 0) is 24.6 Å². The fraction of sp³-hybridized carbons (Fsp3) is 0.250. The summed E-state index contributed by atoms with van der Waals surface area (Å²) in [6.45, 7) is 1.08. The number of phenolic OH excluding ortho intramolecular Hbond substituents is 2. The molecule has 0 spiro atoms. The van der Waals surface area contributed by atoms with Gasteiger partial charge in [-0.25, -0.2) is 0 Å². The molecule has 1 aromatic heterocycles. The SMILES string of the molecule is O=C(NCCCn1ccnn1)c1cc(O)ccc1O. The van der Waals surface area contributed by atoms with Gasteiger partial charge in [0, 0.05) is 19.3 Å². The van der Waals surface area contributed by atoms with Crippen LogP contribution in [-0.2, 0) is 6.54 Å². The van der Waals surface area contributed by atoms with E-state index in [1.807, 2.05) is 0 Å². The highest BCUT2D eigenvalue weighted by Crippen LogP contribution is 2.21. The average Bonchev–Trinajstić information content (AvgIpc) is 2.90. The number of aromatic hydroxyl groups is 2. The van der Waals surface area contributed by atoms with Gasteiger partial charge in [0.15, 0.2) is 0 Å². The molecule has 0 aliphatic rings. The fourth-order valence-corrected chi connectivity index (χ4v) is 1.60. The van der Waals surface area contributed by atoms with Gasteiger partial charge in [-0.2, -0.15) is 0 Å². The molecular weight excluding hydrogens is 248 g/mol. The van der Waals surface area contributed by atoms with E-state index in [-0.39, 0.29) is 17.1 Å². The summed E-state index contributed by atoms with van der Waals surface area (Å²) in [5.41, 5.74) is 0.0563. The zero-order valence-electron chi connectivity index (χ0n) is 10.2. The molecule has 1 amide bonds. The number of aromatic nitrogens is 3. The van der Waals surface area contributed by atoms with Gasteiger partial charge in [0.1, 0.15) is 11.5 Å². The molecule has 7 heteroatoms. The second-order valence-corrected chi connectivity index (χ2v) is 3.98. The van der Waals surface area contributed by atoms with Crippen LogP contribution in [0.3, 0.4) is 0 Å². The Morgan fingerprint density at radius 2 is 2.21 bits per heavy atom. The van der Waals surface area contributed by atoms with Gasteiger partial charge >= 0.3 is 0 Å². The highest BCUT2D eigenvalue weighted by atomic mass is 16.3. The minimum Gasteiger partial charge on any atom is -0.508 e. The first-order valence-corrected chi connectivity index (χ1v) is 5.81. The lowest BCUT2D eigenvalue weighted by Gasteiger charge is -2.07. The molecule has 3 N–H and O–H groups in total. The van der Waals surface area contributed by atoms with E-state index in [0.29, 0.717) is 19.5 Å². The van der Waals surface area contributed by atoms with Gasteiger partial charge in [0.25, 0.3) is 5.91 Å². The first-order chi connectivity index (χ1) is 9.16. The van der Waals surface area contributed by atoms with Crippen molar-refractivity contribution in [3.05, 3.63) is 36.2 Å². The van der Waals surface area contributed by atoms with E-state index in [0.717, 1.165) is 0 Å². The molecule has 19 heavy (non-hydrogen) atoms. The van der Waals surface area contributed by atoms with Crippen molar-refractivity contribution in [1.82, 2.24) is 20.3 Å². The summed E-state index contributed by atoms with van der Waals surface area (Å²) in [5.74, 6) is -0.649. The van der Waals surface area contributed by atoms with E-state index in [9.17, 15) is 15.0 Å². The summed E-state index contributed by atoms with van der Waals surface area (Å²) in [5, 5.41) is 28.9. The first-order valence-electron chi connectivity index (χ1n) is 5.81. The standard InChI is InChI=1S/C12H14N4O3/c17-9-2-3-11(18)10(8-9)12(19)13-4-1-6-16-7-5-14-15-16/h2-3,5,7-8,17-18H,1,4,6H2,(H,13,19). The van der Waals surface area contributed by atoms with Crippen LogP contribution in [-0.4, -0.2) is 37.7 Å². The van der Waals surface area contributed by atoms with Crippen molar-refractivity contribution in [1.29, 1.82) is 0 Å². The number of aryl methyl sites for hydroxylation is 1. The van der Waals surface area contributed by atoms with E-state index >= 15 is 0 Å². The second kappa shape index (κ2) is 5.85. The van der Waals surface area contributed by atoms with Gasteiger partial charge in [-0.1, -0.05) is 5.21 Å². The lowest BCUT2D eigenvalue weighted by Crippen LogP contribution is -2.25. The second-order valence-electron chi connectivity index (χ2n) is 3.98. The molecule has 2 rings (SSSR count). The number of rotatable bonds is 5. The molecule has 0 fully saturated rings. The predicted molar refractivity (Wildman–Crippen MR) is 66.7 cm³/mol. The number of nitrogens with zero attached hydrogens (tertiary/aromatic N) is 3. The minimum atomic E-state index is -0.424. The number of benzene rings is 1. The normalized spacial score (nSPS) is 10.3. The van der Waals surface area contributed by atoms with Crippen molar-refractivity contribution >= 4 is 5.91 Å². The molecule has 2 aromatic rings. The van der Waals surface area contributed by atoms with Crippen molar-refractivity contribution in [2.75, 3.05) is 6.54 Å². The van der Waals surface area contributed by atoms with E-state index in [1.54, 1.807) is 17.1 Å². The zero-order chi connectivity index (χ0) is 13.7. The van der Waals surface area contributed by atoms with Gasteiger partial charge in [-0.3, -0.25) is 9.48 Å². The molecule has 0 saturated carbocycles. The van der Waals surface area contributed by atoms with Crippen molar-refractivity contribution in [2.45, 2.75) is 13.0 Å². The largest absolute Gasteiger partial charge is 0.508 e. The Hall–Kier alpha value is -2.57. The Kier molecular flexibility index (Phi) is 3.97. The third-order valence-corrected chi connectivity index (χ3v) is 2.55. The molecular formula is C12H14N4O3. The van der Waals surface area contributed by atoms with Crippen LogP contribution in [0.1, 0.15) is 16.8 Å². The lowest BCUT2D eigenvalue weighted by atomic mass is 10.1. The molecule has 100 valence electrons. The van der Waals surface area contributed by atoms with Gasteiger partial charge < -0.3 is 15.5 Å². The number of carbonyl (C=O) groups is 1. The summed E-state index contributed by atoms with van der Waals surface area (Å²) in [4.78, 5) is 11.8. The Morgan fingerprint density at radius 1 is 1.37 bits per heavy atom. The number of hydrogen-bond acceptors (Lipinski definition) is 5. The van der Waals surface area contributed by atoms with E-state index in [2.05, 4.69) is 15.6 Å². The van der Waals surface area contributed by atoms with Crippen LogP contribution < -0.4 is 5.32 Å². The smallest absolute Gasteiger partial charge is 0.255 e. The number of phenols is 2. The van der Waals surface area contributed by atoms with E-state index in [1.165, 1.54) is 18.2 Å². The molecule has 0 radical (unpaired) electrons. The summed E-state index contributed by atoms with van der Waals surface area (Å²) in [7, 11) is 0. The monoisotopic (exact) mass is 262 g/mol. The molecule has 0 unspecified atom stereocenters. The molecule has 1 heterocycles. The van der Waals surface area contributed by atoms with Crippen molar-refractivity contribution in [3.8, 4) is 11.5 Å². The number of nitrogens with one attached hydrogen (secondary N) is 1. The average molecular weight is 262 g/mol. The van der Waals surface area contributed by atoms with Crippen LogP contribution in [0.2, 0.25) is 0 Å². The van der Waals surface area contributed by atoms with Gasteiger partial charge in [0.05, 0.1) is 11.8 Å². The van der Waals surface area contributed by atoms with E-state index in [4.69, 9.17) is 0 Å². The van der Waals surface area contributed by atoms with Crippen molar-refractivity contribution in [3.63, 3.8) is 0 Å². The molecule has 0 aliphatic carbocycles. The molecule has 0 saturated heterocycles. The Labute approximate surface area is 109 Å². The Balaban J connectivity index is 1.82. The maximum atomic E-state index is 11.8. The molecule has 0 bridgehead atoms. The maximum absolute atomic E-state index is 11.8. The minimum absolute atomic E-state index is 0.0563. The van der Waals surface area contributed by atoms with Crippen molar-refractivity contribution in [2.24, 2.45) is 0 Å². The molecule has 1 aromatic carbocycles. The zero-order valence-corrected chi connectivity index (χ0v) is 10.2. The van der Waals surface area contributed by atoms with Gasteiger partial charge in [0.2, 0.25) is 0 Å². The maximum Gasteiger partial charge on any atom is 0.255 e. The Bertz CT molecular complexity index is 554. The highest BCUT2D eigenvalue weighted by Gasteiger charge is 2.11. The summed E-state index contributed by atoms with van der Waals surface area (Å²) in [6.07, 6.45) is 4.01. The molecule has 7 nitrogen and oxygen atoms in total. The van der Waals surface area contributed by atoms with Crippen LogP contribution in [0.15, 0.2) is 30.6 Å². The first kappa shape index (κ1) is 12.9. The fourth-order valence-electron chi connectivity index (χ4n) is 1.60. The van der Waals surface area contributed by atoms with E-state index < -0.39 is 5.91 Å². The predicted octanol–water partition coefficient (Wildman–Crippen LogP) is 0.509. The number of carbonyl (C=O) groups excluding carboxylic acids is 1. The lowest BCUT2D eigenvalue weighted by molar-refractivity contribution is 0.0949. The number of amides is 1. The van der Waals surface area contributed by atoms with Crippen LogP contribution >= 0.6 is 0 Å². The topological polar surface area (TPSA) is 100 Å². The van der Waals surface area contributed by atoms with Crippen molar-refractivity contribution < 1.29 is 15.0 Å². The summed E-state index contributed by atoms with van der Waals surface area (Å²) < 4.78 is 1.66.